The number of fused-ring (bicyclic) bond motifs is 6. The predicted molar refractivity (Wildman–Crippen MR) is 81.8 cm³/mol. The van der Waals surface area contributed by atoms with Gasteiger partial charge in [0.15, 0.2) is 0 Å². The van der Waals surface area contributed by atoms with Crippen LogP contribution in [0.25, 0.3) is 10.8 Å². The average molecular weight is 278 g/mol. The van der Waals surface area contributed by atoms with Gasteiger partial charge in [0.1, 0.15) is 5.60 Å². The molecule has 3 aliphatic rings. The molecule has 21 heavy (non-hydrogen) atoms. The van der Waals surface area contributed by atoms with Gasteiger partial charge in [-0.25, -0.2) is 0 Å². The summed E-state index contributed by atoms with van der Waals surface area (Å²) in [5.74, 6) is 1.34. The molecule has 1 aliphatic heterocycles. The van der Waals surface area contributed by atoms with Gasteiger partial charge in [0.25, 0.3) is 0 Å². The third-order valence-electron chi connectivity index (χ3n) is 5.86. The summed E-state index contributed by atoms with van der Waals surface area (Å²) in [7, 11) is 0. The normalized spacial score (nSPS) is 40.0. The van der Waals surface area contributed by atoms with Gasteiger partial charge in [-0.2, -0.15) is 0 Å². The molecule has 1 heterocycles. The standard InChI is InChI=1S/C19H18O2/c20-19(16-7-3-5-12-4-1-2-6-13(12)16)17-8-9-18(19)15-11-21-10-14(15)17/h1-9,14-15,17-18,20H,10-11H2/t14-,15+,17-,18+,19?. The van der Waals surface area contributed by atoms with Crippen molar-refractivity contribution in [2.24, 2.45) is 23.7 Å². The number of aliphatic hydroxyl groups is 1. The van der Waals surface area contributed by atoms with Crippen LogP contribution in [-0.2, 0) is 10.3 Å². The second-order valence-electron chi connectivity index (χ2n) is 6.65. The van der Waals surface area contributed by atoms with Crippen molar-refractivity contribution >= 4 is 10.8 Å². The second-order valence-corrected chi connectivity index (χ2v) is 6.65. The molecule has 5 atom stereocenters. The molecule has 0 amide bonds. The van der Waals surface area contributed by atoms with Crippen molar-refractivity contribution in [3.63, 3.8) is 0 Å². The zero-order valence-corrected chi connectivity index (χ0v) is 11.8. The molecule has 2 aromatic carbocycles. The summed E-state index contributed by atoms with van der Waals surface area (Å²) in [5.41, 5.74) is 0.343. The molecule has 2 aromatic rings. The van der Waals surface area contributed by atoms with E-state index in [1.54, 1.807) is 0 Å². The fourth-order valence-corrected chi connectivity index (χ4v) is 4.95. The number of hydrogen-bond acceptors (Lipinski definition) is 2. The first-order valence-corrected chi connectivity index (χ1v) is 7.77. The summed E-state index contributed by atoms with van der Waals surface area (Å²) in [6.45, 7) is 1.59. The molecule has 1 unspecified atom stereocenters. The number of rotatable bonds is 1. The van der Waals surface area contributed by atoms with Crippen LogP contribution in [0.2, 0.25) is 0 Å². The minimum atomic E-state index is -0.750. The Hall–Kier alpha value is -1.64. The van der Waals surface area contributed by atoms with E-state index >= 15 is 0 Å². The maximum Gasteiger partial charge on any atom is 0.103 e. The molecule has 0 aromatic heterocycles. The first kappa shape index (κ1) is 12.0. The van der Waals surface area contributed by atoms with E-state index in [4.69, 9.17) is 4.74 Å². The van der Waals surface area contributed by atoms with E-state index in [2.05, 4.69) is 54.6 Å². The van der Waals surface area contributed by atoms with Crippen LogP contribution >= 0.6 is 0 Å². The highest BCUT2D eigenvalue weighted by Gasteiger charge is 2.63. The van der Waals surface area contributed by atoms with Crippen LogP contribution in [0.1, 0.15) is 5.56 Å². The first-order chi connectivity index (χ1) is 10.3. The molecule has 0 spiro atoms. The van der Waals surface area contributed by atoms with Gasteiger partial charge in [0.2, 0.25) is 0 Å². The van der Waals surface area contributed by atoms with E-state index in [9.17, 15) is 5.11 Å². The van der Waals surface area contributed by atoms with E-state index in [1.165, 1.54) is 10.8 Å². The monoisotopic (exact) mass is 278 g/mol. The molecule has 2 fully saturated rings. The molecule has 2 aliphatic carbocycles. The van der Waals surface area contributed by atoms with Crippen LogP contribution in [0.5, 0.6) is 0 Å². The van der Waals surface area contributed by atoms with Gasteiger partial charge < -0.3 is 9.84 Å². The van der Waals surface area contributed by atoms with Crippen molar-refractivity contribution in [1.29, 1.82) is 0 Å². The molecule has 2 nitrogen and oxygen atoms in total. The van der Waals surface area contributed by atoms with Crippen LogP contribution in [0.3, 0.4) is 0 Å². The highest BCUT2D eigenvalue weighted by Crippen LogP contribution is 2.61. The molecule has 1 saturated carbocycles. The quantitative estimate of drug-likeness (QED) is 0.812. The zero-order valence-electron chi connectivity index (χ0n) is 11.8. The molecule has 5 rings (SSSR count). The van der Waals surface area contributed by atoms with Crippen molar-refractivity contribution in [3.8, 4) is 0 Å². The Morgan fingerprint density at radius 1 is 0.905 bits per heavy atom. The van der Waals surface area contributed by atoms with Gasteiger partial charge in [-0.15, -0.1) is 0 Å². The van der Waals surface area contributed by atoms with Crippen molar-refractivity contribution in [2.75, 3.05) is 13.2 Å². The van der Waals surface area contributed by atoms with Gasteiger partial charge in [-0.3, -0.25) is 0 Å². The Bertz CT molecular complexity index is 723. The number of ether oxygens (including phenoxy) is 1. The lowest BCUT2D eigenvalue weighted by Crippen LogP contribution is -2.34. The minimum Gasteiger partial charge on any atom is -0.384 e. The molecule has 1 saturated heterocycles. The maximum atomic E-state index is 11.6. The Kier molecular flexibility index (Phi) is 2.26. The molecular weight excluding hydrogens is 260 g/mol. The Labute approximate surface area is 124 Å². The van der Waals surface area contributed by atoms with Crippen LogP contribution in [0, 0.1) is 23.7 Å². The minimum absolute atomic E-state index is 0.195. The molecule has 2 heteroatoms. The lowest BCUT2D eigenvalue weighted by atomic mass is 9.79. The van der Waals surface area contributed by atoms with Crippen LogP contribution < -0.4 is 0 Å². The van der Waals surface area contributed by atoms with Gasteiger partial charge in [-0.1, -0.05) is 54.6 Å². The Morgan fingerprint density at radius 3 is 2.33 bits per heavy atom. The van der Waals surface area contributed by atoms with Crippen molar-refractivity contribution < 1.29 is 9.84 Å². The predicted octanol–water partition coefficient (Wildman–Crippen LogP) is 3.11. The van der Waals surface area contributed by atoms with E-state index in [1.807, 2.05) is 0 Å². The molecule has 1 N–H and O–H groups in total. The SMILES string of the molecule is OC1(c2cccc3ccccc23)[C@@H]2C=C[C@H]1[C@H]1COC[C@H]12. The third-order valence-corrected chi connectivity index (χ3v) is 5.86. The fourth-order valence-electron chi connectivity index (χ4n) is 4.95. The largest absolute Gasteiger partial charge is 0.384 e. The third kappa shape index (κ3) is 1.35. The van der Waals surface area contributed by atoms with Gasteiger partial charge in [-0.05, 0) is 28.2 Å². The van der Waals surface area contributed by atoms with E-state index < -0.39 is 5.60 Å². The van der Waals surface area contributed by atoms with Crippen LogP contribution in [-0.4, -0.2) is 18.3 Å². The van der Waals surface area contributed by atoms with Crippen molar-refractivity contribution in [1.82, 2.24) is 0 Å². The summed E-state index contributed by atoms with van der Waals surface area (Å²) in [6.07, 6.45) is 4.45. The van der Waals surface area contributed by atoms with Gasteiger partial charge in [0, 0.05) is 11.8 Å². The maximum absolute atomic E-state index is 11.6. The van der Waals surface area contributed by atoms with E-state index in [0.717, 1.165) is 18.8 Å². The van der Waals surface area contributed by atoms with Crippen LogP contribution in [0.15, 0.2) is 54.6 Å². The van der Waals surface area contributed by atoms with Gasteiger partial charge >= 0.3 is 0 Å². The smallest absolute Gasteiger partial charge is 0.103 e. The Balaban J connectivity index is 1.74. The highest BCUT2D eigenvalue weighted by atomic mass is 16.5. The number of benzene rings is 2. The summed E-state index contributed by atoms with van der Waals surface area (Å²) in [5, 5.41) is 14.0. The van der Waals surface area contributed by atoms with Crippen molar-refractivity contribution in [2.45, 2.75) is 5.60 Å². The summed E-state index contributed by atoms with van der Waals surface area (Å²) >= 11 is 0. The summed E-state index contributed by atoms with van der Waals surface area (Å²) in [4.78, 5) is 0. The van der Waals surface area contributed by atoms with E-state index in [-0.39, 0.29) is 11.8 Å². The van der Waals surface area contributed by atoms with E-state index in [0.29, 0.717) is 11.8 Å². The lowest BCUT2D eigenvalue weighted by molar-refractivity contribution is -0.0234. The zero-order chi connectivity index (χ0) is 14.0. The van der Waals surface area contributed by atoms with Crippen molar-refractivity contribution in [3.05, 3.63) is 60.2 Å². The molecule has 106 valence electrons. The fraction of sp³-hybridized carbons (Fsp3) is 0.368. The lowest BCUT2D eigenvalue weighted by Gasteiger charge is -2.32. The molecule has 2 bridgehead atoms. The second kappa shape index (κ2) is 3.96. The summed E-state index contributed by atoms with van der Waals surface area (Å²) in [6, 6.07) is 14.7. The number of hydrogen-bond donors (Lipinski definition) is 1. The molecular formula is C19H18O2. The average Bonchev–Trinajstić information content (AvgIpc) is 3.18. The van der Waals surface area contributed by atoms with Crippen LogP contribution in [0.4, 0.5) is 0 Å². The Morgan fingerprint density at radius 2 is 1.57 bits per heavy atom. The van der Waals surface area contributed by atoms with Gasteiger partial charge in [0.05, 0.1) is 13.2 Å². The molecule has 0 radical (unpaired) electrons. The highest BCUT2D eigenvalue weighted by molar-refractivity contribution is 5.86. The topological polar surface area (TPSA) is 29.5 Å². The summed E-state index contributed by atoms with van der Waals surface area (Å²) < 4.78 is 5.66. The first-order valence-electron chi connectivity index (χ1n) is 7.77.